The van der Waals surface area contributed by atoms with Crippen molar-refractivity contribution >= 4 is 15.9 Å². The van der Waals surface area contributed by atoms with Crippen molar-refractivity contribution in [1.29, 1.82) is 0 Å². The van der Waals surface area contributed by atoms with Gasteiger partial charge in [-0.15, -0.1) is 0 Å². The summed E-state index contributed by atoms with van der Waals surface area (Å²) in [6.45, 7) is 5.88. The van der Waals surface area contributed by atoms with Crippen LogP contribution in [0.25, 0.3) is 0 Å². The summed E-state index contributed by atoms with van der Waals surface area (Å²) >= 11 is 3.50. The van der Waals surface area contributed by atoms with Gasteiger partial charge in [-0.3, -0.25) is 0 Å². The molecule has 1 aliphatic heterocycles. The Morgan fingerprint density at radius 2 is 1.14 bits per heavy atom. The molecular weight excluding hydrogens is 336 g/mol. The molecule has 130 valence electrons. The lowest BCUT2D eigenvalue weighted by Crippen LogP contribution is -2.26. The highest BCUT2D eigenvalue weighted by Crippen LogP contribution is 2.12. The highest BCUT2D eigenvalue weighted by atomic mass is 79.9. The summed E-state index contributed by atoms with van der Waals surface area (Å²) < 4.78 is 0. The number of halogens is 1. The molecule has 1 aliphatic rings. The molecule has 1 heterocycles. The molecule has 0 bridgehead atoms. The molecule has 0 saturated carbocycles. The minimum absolute atomic E-state index is 1.12. The highest BCUT2D eigenvalue weighted by molar-refractivity contribution is 9.09. The Bertz CT molecular complexity index is 268. The van der Waals surface area contributed by atoms with Crippen molar-refractivity contribution in [2.45, 2.75) is 84.0 Å². The molecule has 0 saturated heterocycles. The quantitative estimate of drug-likeness (QED) is 0.252. The fourth-order valence-corrected chi connectivity index (χ4v) is 3.41. The number of hydrogen-bond acceptors (Lipinski definition) is 2. The molecule has 1 rings (SSSR count). The van der Waals surface area contributed by atoms with E-state index >= 15 is 0 Å². The number of hydrogen-bond donors (Lipinski definition) is 0. The standard InChI is InChI=1S/C19H37BrN2/c1-2-3-4-5-6-7-9-12-15-21-17-18-22(19-21)16-13-10-8-11-14-20/h17-18H,2-16,19H2,1H3. The number of alkyl halides is 1. The predicted octanol–water partition coefficient (Wildman–Crippen LogP) is 6.13. The maximum Gasteiger partial charge on any atom is 0.0893 e. The third kappa shape index (κ3) is 10.5. The molecule has 0 radical (unpaired) electrons. The van der Waals surface area contributed by atoms with Crippen LogP contribution in [0.15, 0.2) is 12.4 Å². The van der Waals surface area contributed by atoms with Gasteiger partial charge in [-0.25, -0.2) is 0 Å². The molecule has 0 amide bonds. The van der Waals surface area contributed by atoms with Crippen LogP contribution in [0.1, 0.15) is 84.0 Å². The summed E-state index contributed by atoms with van der Waals surface area (Å²) in [5, 5.41) is 1.16. The van der Waals surface area contributed by atoms with Gasteiger partial charge in [-0.1, -0.05) is 80.6 Å². The summed E-state index contributed by atoms with van der Waals surface area (Å²) in [4.78, 5) is 4.95. The molecule has 0 aromatic heterocycles. The van der Waals surface area contributed by atoms with E-state index in [9.17, 15) is 0 Å². The molecular formula is C19H37BrN2. The van der Waals surface area contributed by atoms with E-state index in [2.05, 4.69) is 45.1 Å². The number of unbranched alkanes of at least 4 members (excludes halogenated alkanes) is 10. The van der Waals surface area contributed by atoms with Gasteiger partial charge in [0.05, 0.1) is 6.67 Å². The van der Waals surface area contributed by atoms with Crippen molar-refractivity contribution in [3.8, 4) is 0 Å². The molecule has 2 nitrogen and oxygen atoms in total. The Balaban J connectivity index is 1.87. The molecule has 3 heteroatoms. The van der Waals surface area contributed by atoms with Crippen molar-refractivity contribution in [3.63, 3.8) is 0 Å². The van der Waals surface area contributed by atoms with Crippen LogP contribution in [0.4, 0.5) is 0 Å². The minimum Gasteiger partial charge on any atom is -0.359 e. The SMILES string of the molecule is CCCCCCCCCCN1C=CN(CCCCCCBr)C1. The fraction of sp³-hybridized carbons (Fsp3) is 0.895. The Kier molecular flexibility index (Phi) is 13.0. The van der Waals surface area contributed by atoms with Gasteiger partial charge in [0, 0.05) is 30.8 Å². The van der Waals surface area contributed by atoms with Gasteiger partial charge in [-0.2, -0.15) is 0 Å². The van der Waals surface area contributed by atoms with Crippen LogP contribution < -0.4 is 0 Å². The van der Waals surface area contributed by atoms with Crippen molar-refractivity contribution in [3.05, 3.63) is 12.4 Å². The molecule has 0 unspecified atom stereocenters. The third-order valence-corrected chi connectivity index (χ3v) is 5.04. The first-order valence-corrected chi connectivity index (χ1v) is 10.7. The monoisotopic (exact) mass is 372 g/mol. The first-order valence-electron chi connectivity index (χ1n) is 9.59. The normalized spacial score (nSPS) is 14.3. The van der Waals surface area contributed by atoms with Crippen molar-refractivity contribution in [1.82, 2.24) is 9.80 Å². The summed E-state index contributed by atoms with van der Waals surface area (Å²) in [6, 6.07) is 0. The summed E-state index contributed by atoms with van der Waals surface area (Å²) in [5.74, 6) is 0. The van der Waals surface area contributed by atoms with Crippen molar-refractivity contribution in [2.24, 2.45) is 0 Å². The lowest BCUT2D eigenvalue weighted by atomic mass is 10.1. The predicted molar refractivity (Wildman–Crippen MR) is 102 cm³/mol. The fourth-order valence-electron chi connectivity index (χ4n) is 3.02. The number of nitrogens with zero attached hydrogens (tertiary/aromatic N) is 2. The maximum atomic E-state index is 3.50. The van der Waals surface area contributed by atoms with Crippen molar-refractivity contribution < 1.29 is 0 Å². The average Bonchev–Trinajstić information content (AvgIpc) is 2.97. The zero-order valence-electron chi connectivity index (χ0n) is 14.7. The topological polar surface area (TPSA) is 6.48 Å². The van der Waals surface area contributed by atoms with E-state index in [1.807, 2.05) is 0 Å². The van der Waals surface area contributed by atoms with Gasteiger partial charge in [0.2, 0.25) is 0 Å². The molecule has 0 fully saturated rings. The Hall–Kier alpha value is -0.180. The second kappa shape index (κ2) is 14.4. The molecule has 22 heavy (non-hydrogen) atoms. The molecule has 0 atom stereocenters. The highest BCUT2D eigenvalue weighted by Gasteiger charge is 2.10. The second-order valence-corrected chi connectivity index (χ2v) is 7.44. The van der Waals surface area contributed by atoms with Gasteiger partial charge in [0.25, 0.3) is 0 Å². The van der Waals surface area contributed by atoms with Crippen LogP contribution >= 0.6 is 15.9 Å². The van der Waals surface area contributed by atoms with Crippen LogP contribution in [0.3, 0.4) is 0 Å². The third-order valence-electron chi connectivity index (χ3n) is 4.48. The van der Waals surface area contributed by atoms with Crippen LogP contribution in [0.2, 0.25) is 0 Å². The summed E-state index contributed by atoms with van der Waals surface area (Å²) in [7, 11) is 0. The molecule has 0 aliphatic carbocycles. The molecule has 0 aromatic carbocycles. The van der Waals surface area contributed by atoms with Gasteiger partial charge < -0.3 is 9.80 Å². The lowest BCUT2D eigenvalue weighted by molar-refractivity contribution is 0.257. The maximum absolute atomic E-state index is 3.50. The van der Waals surface area contributed by atoms with Crippen LogP contribution in [-0.2, 0) is 0 Å². The Labute approximate surface area is 147 Å². The Morgan fingerprint density at radius 3 is 1.64 bits per heavy atom. The van der Waals surface area contributed by atoms with E-state index in [-0.39, 0.29) is 0 Å². The largest absolute Gasteiger partial charge is 0.359 e. The van der Waals surface area contributed by atoms with Crippen LogP contribution in [-0.4, -0.2) is 34.9 Å². The van der Waals surface area contributed by atoms with Crippen molar-refractivity contribution in [2.75, 3.05) is 25.1 Å². The van der Waals surface area contributed by atoms with Gasteiger partial charge in [-0.05, 0) is 19.3 Å². The average molecular weight is 373 g/mol. The first-order chi connectivity index (χ1) is 10.9. The number of rotatable bonds is 15. The Morgan fingerprint density at radius 1 is 0.682 bits per heavy atom. The summed E-state index contributed by atoms with van der Waals surface area (Å²) in [5.41, 5.74) is 0. The van der Waals surface area contributed by atoms with E-state index in [0.717, 1.165) is 12.0 Å². The van der Waals surface area contributed by atoms with Gasteiger partial charge in [0.15, 0.2) is 0 Å². The van der Waals surface area contributed by atoms with Crippen LogP contribution in [0, 0.1) is 0 Å². The zero-order chi connectivity index (χ0) is 15.9. The van der Waals surface area contributed by atoms with Gasteiger partial charge in [0.1, 0.15) is 0 Å². The smallest absolute Gasteiger partial charge is 0.0893 e. The zero-order valence-corrected chi connectivity index (χ0v) is 16.3. The van der Waals surface area contributed by atoms with Crippen LogP contribution in [0.5, 0.6) is 0 Å². The first kappa shape index (κ1) is 19.9. The summed E-state index contributed by atoms with van der Waals surface area (Å²) in [6.07, 6.45) is 21.3. The van der Waals surface area contributed by atoms with Gasteiger partial charge >= 0.3 is 0 Å². The minimum atomic E-state index is 1.12. The van der Waals surface area contributed by atoms with E-state index < -0.39 is 0 Å². The van der Waals surface area contributed by atoms with E-state index in [1.54, 1.807) is 0 Å². The second-order valence-electron chi connectivity index (χ2n) is 6.64. The lowest BCUT2D eigenvalue weighted by Gasteiger charge is -2.21. The molecule has 0 aromatic rings. The van der Waals surface area contributed by atoms with E-state index in [4.69, 9.17) is 0 Å². The van der Waals surface area contributed by atoms with E-state index in [1.165, 1.54) is 90.1 Å². The molecule has 0 N–H and O–H groups in total. The molecule has 0 spiro atoms. The van der Waals surface area contributed by atoms with E-state index in [0.29, 0.717) is 0 Å².